The van der Waals surface area contributed by atoms with E-state index in [0.29, 0.717) is 17.2 Å². The Kier molecular flexibility index (Phi) is 3.99. The fourth-order valence-electron chi connectivity index (χ4n) is 3.78. The molecule has 0 saturated carbocycles. The Balaban J connectivity index is 1.59. The lowest BCUT2D eigenvalue weighted by atomic mass is 9.76. The van der Waals surface area contributed by atoms with Crippen LogP contribution in [-0.4, -0.2) is 67.1 Å². The van der Waals surface area contributed by atoms with E-state index in [-0.39, 0.29) is 5.91 Å². The Morgan fingerprint density at radius 2 is 2.29 bits per heavy atom. The van der Waals surface area contributed by atoms with E-state index in [1.165, 1.54) is 19.1 Å². The van der Waals surface area contributed by atoms with Crippen molar-refractivity contribution in [1.82, 2.24) is 14.8 Å². The largest absolute Gasteiger partial charge is 0.451 e. The minimum atomic E-state index is -0.0154. The molecule has 0 aliphatic carbocycles. The predicted molar refractivity (Wildman–Crippen MR) is 77.0 cm³/mol. The molecule has 6 heteroatoms. The van der Waals surface area contributed by atoms with E-state index < -0.39 is 0 Å². The molecule has 2 aliphatic rings. The number of rotatable bonds is 3. The minimum Gasteiger partial charge on any atom is -0.451 e. The summed E-state index contributed by atoms with van der Waals surface area (Å²) in [5.41, 5.74) is 0.755. The van der Waals surface area contributed by atoms with E-state index in [9.17, 15) is 4.79 Å². The van der Waals surface area contributed by atoms with Crippen molar-refractivity contribution >= 4 is 5.91 Å². The van der Waals surface area contributed by atoms with E-state index in [4.69, 9.17) is 9.15 Å². The molecule has 1 aromatic rings. The second-order valence-electron chi connectivity index (χ2n) is 6.39. The Labute approximate surface area is 125 Å². The monoisotopic (exact) mass is 293 g/mol. The van der Waals surface area contributed by atoms with Crippen LogP contribution in [0.4, 0.5) is 0 Å². The zero-order chi connectivity index (χ0) is 14.9. The fourth-order valence-corrected chi connectivity index (χ4v) is 3.78. The van der Waals surface area contributed by atoms with Gasteiger partial charge in [-0.05, 0) is 31.7 Å². The van der Waals surface area contributed by atoms with Gasteiger partial charge in [-0.15, -0.1) is 0 Å². The Bertz CT molecular complexity index is 480. The highest BCUT2D eigenvalue weighted by molar-refractivity contribution is 5.91. The maximum Gasteiger partial charge on any atom is 0.275 e. The maximum atomic E-state index is 12.3. The van der Waals surface area contributed by atoms with Crippen molar-refractivity contribution in [3.05, 3.63) is 18.4 Å². The van der Waals surface area contributed by atoms with Crippen LogP contribution in [-0.2, 0) is 4.74 Å². The second-order valence-corrected chi connectivity index (χ2v) is 6.39. The molecule has 2 saturated heterocycles. The molecule has 21 heavy (non-hydrogen) atoms. The summed E-state index contributed by atoms with van der Waals surface area (Å²) in [4.78, 5) is 20.5. The lowest BCUT2D eigenvalue weighted by Gasteiger charge is -2.39. The number of piperidine rings is 1. The zero-order valence-corrected chi connectivity index (χ0v) is 12.7. The Hall–Kier alpha value is -1.40. The van der Waals surface area contributed by atoms with Crippen LogP contribution in [0.15, 0.2) is 17.1 Å². The third-order valence-corrected chi connectivity index (χ3v) is 5.00. The minimum absolute atomic E-state index is 0.0154. The van der Waals surface area contributed by atoms with Crippen LogP contribution in [0.25, 0.3) is 0 Å². The molecule has 0 aromatic carbocycles. The van der Waals surface area contributed by atoms with Gasteiger partial charge in [-0.2, -0.15) is 0 Å². The van der Waals surface area contributed by atoms with Crippen molar-refractivity contribution in [1.29, 1.82) is 0 Å². The molecule has 0 radical (unpaired) electrons. The van der Waals surface area contributed by atoms with Crippen LogP contribution < -0.4 is 0 Å². The van der Waals surface area contributed by atoms with E-state index in [0.717, 1.165) is 39.1 Å². The van der Waals surface area contributed by atoms with Crippen LogP contribution in [0.2, 0.25) is 0 Å². The summed E-state index contributed by atoms with van der Waals surface area (Å²) in [7, 11) is 3.93. The molecule has 116 valence electrons. The molecule has 0 bridgehead atoms. The van der Waals surface area contributed by atoms with Crippen LogP contribution in [0, 0.1) is 5.41 Å². The van der Waals surface area contributed by atoms with Crippen molar-refractivity contribution < 1.29 is 13.9 Å². The molecule has 1 spiro atoms. The summed E-state index contributed by atoms with van der Waals surface area (Å²) in [6.45, 7) is 3.51. The first-order valence-electron chi connectivity index (χ1n) is 7.50. The number of oxazole rings is 1. The Morgan fingerprint density at radius 3 is 2.90 bits per heavy atom. The molecule has 1 amide bonds. The van der Waals surface area contributed by atoms with Gasteiger partial charge in [-0.25, -0.2) is 4.98 Å². The van der Waals surface area contributed by atoms with Gasteiger partial charge in [-0.3, -0.25) is 4.79 Å². The van der Waals surface area contributed by atoms with E-state index in [1.807, 2.05) is 4.90 Å². The summed E-state index contributed by atoms with van der Waals surface area (Å²) in [5.74, 6) is -0.0154. The van der Waals surface area contributed by atoms with E-state index in [2.05, 4.69) is 16.9 Å². The van der Waals surface area contributed by atoms with Gasteiger partial charge in [0.1, 0.15) is 6.26 Å². The molecule has 0 N–H and O–H groups in total. The predicted octanol–water partition coefficient (Wildman–Crippen LogP) is 1.25. The fraction of sp³-hybridized carbons (Fsp3) is 0.733. The third kappa shape index (κ3) is 2.82. The molecule has 3 rings (SSSR count). The van der Waals surface area contributed by atoms with Crippen LogP contribution in [0.1, 0.15) is 29.8 Å². The smallest absolute Gasteiger partial charge is 0.275 e. The van der Waals surface area contributed by atoms with E-state index >= 15 is 0 Å². The normalized spacial score (nSPS) is 25.6. The molecule has 0 unspecified atom stereocenters. The summed E-state index contributed by atoms with van der Waals surface area (Å²) in [5, 5.41) is 0. The van der Waals surface area contributed by atoms with Gasteiger partial charge in [0.15, 0.2) is 12.1 Å². The number of hydrogen-bond donors (Lipinski definition) is 0. The second kappa shape index (κ2) is 5.77. The van der Waals surface area contributed by atoms with Crippen molar-refractivity contribution in [2.45, 2.75) is 25.3 Å². The van der Waals surface area contributed by atoms with Gasteiger partial charge in [0.2, 0.25) is 0 Å². The average Bonchev–Trinajstić information content (AvgIpc) is 3.09. The number of carbonyl (C=O) groups excluding carboxylic acids is 1. The average molecular weight is 293 g/mol. The van der Waals surface area contributed by atoms with Gasteiger partial charge < -0.3 is 19.0 Å². The summed E-state index contributed by atoms with van der Waals surface area (Å²) in [6, 6.07) is 0.507. The Morgan fingerprint density at radius 1 is 1.52 bits per heavy atom. The molecule has 3 heterocycles. The lowest BCUT2D eigenvalue weighted by molar-refractivity contribution is 0.0586. The number of hydrogen-bond acceptors (Lipinski definition) is 5. The molecule has 1 atom stereocenters. The first-order chi connectivity index (χ1) is 10.1. The number of amides is 1. The van der Waals surface area contributed by atoms with Gasteiger partial charge in [0, 0.05) is 32.8 Å². The highest BCUT2D eigenvalue weighted by Crippen LogP contribution is 2.42. The standard InChI is InChI=1S/C15H23N3O3/c1-17-10-15(7-12(17)8-20-2)3-5-18(6-4-15)14(19)13-9-21-11-16-13/h9,11-12H,3-8,10H2,1-2H3/t12-/m1/s1. The van der Waals surface area contributed by atoms with Gasteiger partial charge >= 0.3 is 0 Å². The van der Waals surface area contributed by atoms with Crippen molar-refractivity contribution in [2.24, 2.45) is 5.41 Å². The summed E-state index contributed by atoms with van der Waals surface area (Å²) < 4.78 is 10.2. The number of ether oxygens (including phenoxy) is 1. The molecule has 2 fully saturated rings. The third-order valence-electron chi connectivity index (χ3n) is 5.00. The topological polar surface area (TPSA) is 58.8 Å². The van der Waals surface area contributed by atoms with Crippen LogP contribution in [0.3, 0.4) is 0 Å². The number of likely N-dealkylation sites (N-methyl/N-ethyl adjacent to an activating group) is 1. The van der Waals surface area contributed by atoms with Gasteiger partial charge in [0.25, 0.3) is 5.91 Å². The molecular weight excluding hydrogens is 270 g/mol. The zero-order valence-electron chi connectivity index (χ0n) is 12.7. The van der Waals surface area contributed by atoms with Gasteiger partial charge in [-0.1, -0.05) is 0 Å². The van der Waals surface area contributed by atoms with Crippen LogP contribution >= 0.6 is 0 Å². The highest BCUT2D eigenvalue weighted by Gasteiger charge is 2.44. The molecule has 6 nitrogen and oxygen atoms in total. The van der Waals surface area contributed by atoms with Crippen LogP contribution in [0.5, 0.6) is 0 Å². The number of carbonyl (C=O) groups is 1. The van der Waals surface area contributed by atoms with E-state index in [1.54, 1.807) is 7.11 Å². The number of aromatic nitrogens is 1. The number of methoxy groups -OCH3 is 1. The van der Waals surface area contributed by atoms with Crippen molar-refractivity contribution in [2.75, 3.05) is 40.4 Å². The van der Waals surface area contributed by atoms with Crippen molar-refractivity contribution in [3.8, 4) is 0 Å². The maximum absolute atomic E-state index is 12.3. The molecular formula is C15H23N3O3. The van der Waals surface area contributed by atoms with Crippen molar-refractivity contribution in [3.63, 3.8) is 0 Å². The highest BCUT2D eigenvalue weighted by atomic mass is 16.5. The molecule has 1 aromatic heterocycles. The number of nitrogens with zero attached hydrogens (tertiary/aromatic N) is 3. The summed E-state index contributed by atoms with van der Waals surface area (Å²) >= 11 is 0. The first kappa shape index (κ1) is 14.5. The SMILES string of the molecule is COC[C@H]1CC2(CCN(C(=O)c3cocn3)CC2)CN1C. The summed E-state index contributed by atoms with van der Waals surface area (Å²) in [6.07, 6.45) is 6.01. The molecule has 2 aliphatic heterocycles. The quantitative estimate of drug-likeness (QED) is 0.839. The first-order valence-corrected chi connectivity index (χ1v) is 7.50. The van der Waals surface area contributed by atoms with Gasteiger partial charge in [0.05, 0.1) is 6.61 Å². The lowest BCUT2D eigenvalue weighted by Crippen LogP contribution is -2.44. The number of likely N-dealkylation sites (tertiary alicyclic amines) is 2.